The highest BCUT2D eigenvalue weighted by Gasteiger charge is 2.30. The maximum Gasteiger partial charge on any atom is 0.266 e. The number of nitrogens with zero attached hydrogens (tertiary/aromatic N) is 3. The summed E-state index contributed by atoms with van der Waals surface area (Å²) in [5.41, 5.74) is 4.59. The van der Waals surface area contributed by atoms with E-state index < -0.39 is 6.10 Å². The SMILES string of the molecule is COc1cccc(CC2=NOC(C(=O)N(C)Cc3cscn3)C2)c1. The number of carbonyl (C=O) groups excluding carboxylic acids is 1. The molecule has 3 rings (SSSR count). The normalized spacial score (nSPS) is 16.4. The lowest BCUT2D eigenvalue weighted by molar-refractivity contribution is -0.141. The molecule has 0 bridgehead atoms. The molecule has 6 nitrogen and oxygen atoms in total. The highest BCUT2D eigenvalue weighted by atomic mass is 32.1. The molecule has 1 aliphatic rings. The van der Waals surface area contributed by atoms with E-state index >= 15 is 0 Å². The van der Waals surface area contributed by atoms with E-state index in [1.165, 1.54) is 11.3 Å². The molecular weight excluding hydrogens is 326 g/mol. The number of benzene rings is 1. The average Bonchev–Trinajstić information content (AvgIpc) is 3.26. The summed E-state index contributed by atoms with van der Waals surface area (Å²) in [5.74, 6) is 0.732. The molecule has 1 atom stereocenters. The minimum atomic E-state index is -0.547. The van der Waals surface area contributed by atoms with Crippen LogP contribution in [-0.2, 0) is 22.6 Å². The Morgan fingerprint density at radius 3 is 3.12 bits per heavy atom. The van der Waals surface area contributed by atoms with Crippen molar-refractivity contribution in [3.63, 3.8) is 0 Å². The molecule has 0 fully saturated rings. The van der Waals surface area contributed by atoms with Crippen molar-refractivity contribution in [2.24, 2.45) is 5.16 Å². The second-order valence-electron chi connectivity index (χ2n) is 5.66. The van der Waals surface area contributed by atoms with Crippen LogP contribution in [0.1, 0.15) is 17.7 Å². The topological polar surface area (TPSA) is 64.0 Å². The first-order chi connectivity index (χ1) is 11.7. The number of likely N-dealkylation sites (N-methyl/N-ethyl adjacent to an activating group) is 1. The summed E-state index contributed by atoms with van der Waals surface area (Å²) in [5, 5.41) is 6.02. The van der Waals surface area contributed by atoms with Gasteiger partial charge < -0.3 is 14.5 Å². The van der Waals surface area contributed by atoms with Crippen molar-refractivity contribution >= 4 is 23.0 Å². The van der Waals surface area contributed by atoms with E-state index in [0.717, 1.165) is 22.7 Å². The van der Waals surface area contributed by atoms with Crippen LogP contribution >= 0.6 is 11.3 Å². The van der Waals surface area contributed by atoms with E-state index in [2.05, 4.69) is 10.1 Å². The van der Waals surface area contributed by atoms with Gasteiger partial charge in [-0.2, -0.15) is 0 Å². The van der Waals surface area contributed by atoms with Crippen LogP contribution in [0.15, 0.2) is 40.3 Å². The van der Waals surface area contributed by atoms with Gasteiger partial charge in [-0.25, -0.2) is 4.98 Å². The van der Waals surface area contributed by atoms with Gasteiger partial charge in [-0.1, -0.05) is 17.3 Å². The number of thiazole rings is 1. The second kappa shape index (κ2) is 7.44. The minimum Gasteiger partial charge on any atom is -0.497 e. The summed E-state index contributed by atoms with van der Waals surface area (Å²) in [6.07, 6.45) is 0.614. The van der Waals surface area contributed by atoms with Gasteiger partial charge >= 0.3 is 0 Å². The molecule has 1 aromatic carbocycles. The number of methoxy groups -OCH3 is 1. The number of ether oxygens (including phenoxy) is 1. The van der Waals surface area contributed by atoms with Crippen molar-refractivity contribution in [3.05, 3.63) is 46.4 Å². The summed E-state index contributed by atoms with van der Waals surface area (Å²) in [6.45, 7) is 0.480. The lowest BCUT2D eigenvalue weighted by Crippen LogP contribution is -2.36. The molecule has 1 aliphatic heterocycles. The maximum atomic E-state index is 12.5. The molecule has 1 unspecified atom stereocenters. The van der Waals surface area contributed by atoms with Gasteiger partial charge in [0.25, 0.3) is 5.91 Å². The number of oxime groups is 1. The van der Waals surface area contributed by atoms with Crippen LogP contribution in [-0.4, -0.2) is 41.8 Å². The van der Waals surface area contributed by atoms with Gasteiger partial charge in [-0.15, -0.1) is 11.3 Å². The van der Waals surface area contributed by atoms with Crippen LogP contribution in [0, 0.1) is 0 Å². The number of carbonyl (C=O) groups is 1. The number of aromatic nitrogens is 1. The Morgan fingerprint density at radius 1 is 1.50 bits per heavy atom. The lowest BCUT2D eigenvalue weighted by atomic mass is 10.0. The van der Waals surface area contributed by atoms with Gasteiger partial charge in [-0.3, -0.25) is 4.79 Å². The fourth-order valence-electron chi connectivity index (χ4n) is 2.56. The Hall–Kier alpha value is -2.41. The monoisotopic (exact) mass is 345 g/mol. The third-order valence-electron chi connectivity index (χ3n) is 3.81. The first-order valence-electron chi connectivity index (χ1n) is 7.62. The molecule has 7 heteroatoms. The van der Waals surface area contributed by atoms with Crippen molar-refractivity contribution < 1.29 is 14.4 Å². The van der Waals surface area contributed by atoms with Gasteiger partial charge in [0.05, 0.1) is 30.6 Å². The lowest BCUT2D eigenvalue weighted by Gasteiger charge is -2.18. The third-order valence-corrected chi connectivity index (χ3v) is 4.44. The first-order valence-corrected chi connectivity index (χ1v) is 8.56. The van der Waals surface area contributed by atoms with Crippen LogP contribution in [0.5, 0.6) is 5.75 Å². The van der Waals surface area contributed by atoms with E-state index in [9.17, 15) is 4.79 Å². The van der Waals surface area contributed by atoms with Crippen molar-refractivity contribution in [3.8, 4) is 5.75 Å². The number of hydrogen-bond donors (Lipinski definition) is 0. The Morgan fingerprint density at radius 2 is 2.38 bits per heavy atom. The molecule has 1 amide bonds. The standard InChI is InChI=1S/C17H19N3O3S/c1-20(9-14-10-24-11-18-14)17(21)16-8-13(19-23-16)6-12-4-3-5-15(7-12)22-2/h3-5,7,10-11,16H,6,8-9H2,1-2H3. The molecule has 0 radical (unpaired) electrons. The first kappa shape index (κ1) is 16.4. The number of rotatable bonds is 6. The third kappa shape index (κ3) is 3.91. The molecule has 2 aromatic rings. The zero-order valence-electron chi connectivity index (χ0n) is 13.6. The molecule has 0 aliphatic carbocycles. The molecule has 24 heavy (non-hydrogen) atoms. The molecule has 126 valence electrons. The van der Waals surface area contributed by atoms with Gasteiger partial charge in [-0.05, 0) is 17.7 Å². The van der Waals surface area contributed by atoms with Crippen LogP contribution in [0.2, 0.25) is 0 Å². The van der Waals surface area contributed by atoms with Crippen molar-refractivity contribution in [1.82, 2.24) is 9.88 Å². The molecular formula is C17H19N3O3S. The highest BCUT2D eigenvalue weighted by molar-refractivity contribution is 7.07. The quantitative estimate of drug-likeness (QED) is 0.807. The van der Waals surface area contributed by atoms with Gasteiger partial charge in [0.1, 0.15) is 5.75 Å². The Bertz CT molecular complexity index is 730. The van der Waals surface area contributed by atoms with Crippen molar-refractivity contribution in [1.29, 1.82) is 0 Å². The Balaban J connectivity index is 1.54. The zero-order chi connectivity index (χ0) is 16.9. The minimum absolute atomic E-state index is 0.0765. The van der Waals surface area contributed by atoms with E-state index in [1.807, 2.05) is 29.6 Å². The highest BCUT2D eigenvalue weighted by Crippen LogP contribution is 2.19. The summed E-state index contributed by atoms with van der Waals surface area (Å²) in [6, 6.07) is 7.81. The fourth-order valence-corrected chi connectivity index (χ4v) is 3.11. The predicted octanol–water partition coefficient (Wildman–Crippen LogP) is 2.50. The largest absolute Gasteiger partial charge is 0.497 e. The van der Waals surface area contributed by atoms with Crippen molar-refractivity contribution in [2.45, 2.75) is 25.5 Å². The molecule has 1 aromatic heterocycles. The van der Waals surface area contributed by atoms with E-state index in [0.29, 0.717) is 19.4 Å². The molecule has 2 heterocycles. The zero-order valence-corrected chi connectivity index (χ0v) is 14.5. The van der Waals surface area contributed by atoms with Gasteiger partial charge in [0.2, 0.25) is 6.10 Å². The molecule has 0 saturated heterocycles. The summed E-state index contributed by atoms with van der Waals surface area (Å²) >= 11 is 1.52. The summed E-state index contributed by atoms with van der Waals surface area (Å²) in [7, 11) is 3.40. The number of amides is 1. The molecule has 0 N–H and O–H groups in total. The summed E-state index contributed by atoms with van der Waals surface area (Å²) in [4.78, 5) is 23.6. The summed E-state index contributed by atoms with van der Waals surface area (Å²) < 4.78 is 5.22. The Kier molecular flexibility index (Phi) is 5.10. The van der Waals surface area contributed by atoms with Gasteiger partial charge in [0, 0.05) is 25.3 Å². The van der Waals surface area contributed by atoms with Gasteiger partial charge in [0.15, 0.2) is 0 Å². The predicted molar refractivity (Wildman–Crippen MR) is 92.2 cm³/mol. The van der Waals surface area contributed by atoms with Crippen LogP contribution < -0.4 is 4.74 Å². The van der Waals surface area contributed by atoms with Crippen LogP contribution in [0.3, 0.4) is 0 Å². The van der Waals surface area contributed by atoms with E-state index in [-0.39, 0.29) is 5.91 Å². The Labute approximate surface area is 144 Å². The van der Waals surface area contributed by atoms with Crippen molar-refractivity contribution in [2.75, 3.05) is 14.2 Å². The average molecular weight is 345 g/mol. The number of hydrogen-bond acceptors (Lipinski definition) is 6. The van der Waals surface area contributed by atoms with E-state index in [4.69, 9.17) is 9.57 Å². The smallest absolute Gasteiger partial charge is 0.266 e. The fraction of sp³-hybridized carbons (Fsp3) is 0.353. The van der Waals surface area contributed by atoms with Crippen LogP contribution in [0.4, 0.5) is 0 Å². The second-order valence-corrected chi connectivity index (χ2v) is 6.38. The van der Waals surface area contributed by atoms with Crippen LogP contribution in [0.25, 0.3) is 0 Å². The van der Waals surface area contributed by atoms with E-state index in [1.54, 1.807) is 24.6 Å². The molecule has 0 saturated carbocycles. The maximum absolute atomic E-state index is 12.5. The molecule has 0 spiro atoms.